The van der Waals surface area contributed by atoms with E-state index in [1.165, 1.54) is 17.2 Å². The molecule has 0 saturated heterocycles. The predicted octanol–water partition coefficient (Wildman–Crippen LogP) is 3.37. The largest absolute Gasteiger partial charge is 0.396 e. The van der Waals surface area contributed by atoms with Crippen LogP contribution in [0.3, 0.4) is 0 Å². The molecule has 2 aromatic carbocycles. The van der Waals surface area contributed by atoms with Crippen molar-refractivity contribution in [3.8, 4) is 0 Å². The molecule has 0 aliphatic rings. The maximum absolute atomic E-state index is 13.2. The first-order valence-electron chi connectivity index (χ1n) is 5.99. The quantitative estimate of drug-likeness (QED) is 0.809. The zero-order valence-electron chi connectivity index (χ0n) is 10.4. The van der Waals surface area contributed by atoms with Crippen LogP contribution < -0.4 is 11.1 Å². The Hall–Kier alpha value is -2.03. The number of rotatable bonds is 4. The third-order valence-corrected chi connectivity index (χ3v) is 2.83. The lowest BCUT2D eigenvalue weighted by Crippen LogP contribution is -2.05. The van der Waals surface area contributed by atoms with Gasteiger partial charge < -0.3 is 11.1 Å². The summed E-state index contributed by atoms with van der Waals surface area (Å²) in [5.41, 5.74) is 8.89. The lowest BCUT2D eigenvalue weighted by Gasteiger charge is -2.08. The minimum atomic E-state index is -0.379. The van der Waals surface area contributed by atoms with Crippen molar-refractivity contribution in [3.05, 3.63) is 59.4 Å². The first kappa shape index (κ1) is 12.4. The summed E-state index contributed by atoms with van der Waals surface area (Å²) < 4.78 is 13.2. The van der Waals surface area contributed by atoms with Crippen LogP contribution in [0.4, 0.5) is 15.8 Å². The molecule has 0 unspecified atom stereocenters. The molecule has 0 saturated carbocycles. The molecular formula is C15H17FN2. The van der Waals surface area contributed by atoms with E-state index in [-0.39, 0.29) is 11.5 Å². The predicted molar refractivity (Wildman–Crippen MR) is 74.2 cm³/mol. The third-order valence-electron chi connectivity index (χ3n) is 2.83. The molecule has 3 N–H and O–H groups in total. The van der Waals surface area contributed by atoms with Crippen molar-refractivity contribution in [2.45, 2.75) is 13.3 Å². The summed E-state index contributed by atoms with van der Waals surface area (Å²) in [6, 6.07) is 13.2. The van der Waals surface area contributed by atoms with Crippen LogP contribution in [0.2, 0.25) is 0 Å². The average Bonchev–Trinajstić information content (AvgIpc) is 2.34. The van der Waals surface area contributed by atoms with Gasteiger partial charge in [0.1, 0.15) is 5.82 Å². The van der Waals surface area contributed by atoms with Crippen molar-refractivity contribution in [2.75, 3.05) is 17.6 Å². The molecule has 0 aromatic heterocycles. The second kappa shape index (κ2) is 5.54. The molecule has 0 fully saturated rings. The Morgan fingerprint density at radius 2 is 2.00 bits per heavy atom. The Kier molecular flexibility index (Phi) is 3.82. The van der Waals surface area contributed by atoms with Crippen LogP contribution in [0.1, 0.15) is 11.1 Å². The summed E-state index contributed by atoms with van der Waals surface area (Å²) in [6.45, 7) is 2.85. The van der Waals surface area contributed by atoms with Crippen molar-refractivity contribution in [1.82, 2.24) is 0 Å². The van der Waals surface area contributed by atoms with Crippen molar-refractivity contribution in [2.24, 2.45) is 0 Å². The molecule has 0 atom stereocenters. The molecule has 2 rings (SSSR count). The first-order valence-corrected chi connectivity index (χ1v) is 5.99. The molecule has 2 nitrogen and oxygen atoms in total. The molecule has 0 heterocycles. The van der Waals surface area contributed by atoms with Gasteiger partial charge in [0.15, 0.2) is 0 Å². The Morgan fingerprint density at radius 3 is 2.72 bits per heavy atom. The molecule has 3 heteroatoms. The molecule has 0 spiro atoms. The topological polar surface area (TPSA) is 38.0 Å². The van der Waals surface area contributed by atoms with Crippen molar-refractivity contribution in [3.63, 3.8) is 0 Å². The fourth-order valence-electron chi connectivity index (χ4n) is 1.86. The van der Waals surface area contributed by atoms with Crippen LogP contribution in [0.25, 0.3) is 0 Å². The van der Waals surface area contributed by atoms with E-state index in [9.17, 15) is 4.39 Å². The summed E-state index contributed by atoms with van der Waals surface area (Å²) in [5, 5.41) is 3.19. The monoisotopic (exact) mass is 244 g/mol. The van der Waals surface area contributed by atoms with Crippen molar-refractivity contribution < 1.29 is 4.39 Å². The molecule has 94 valence electrons. The second-order valence-electron chi connectivity index (χ2n) is 4.40. The smallest absolute Gasteiger partial charge is 0.148 e. The number of benzene rings is 2. The number of hydrogen-bond donors (Lipinski definition) is 2. The van der Waals surface area contributed by atoms with Gasteiger partial charge in [0.2, 0.25) is 0 Å². The van der Waals surface area contributed by atoms with Gasteiger partial charge in [0.25, 0.3) is 0 Å². The maximum atomic E-state index is 13.2. The maximum Gasteiger partial charge on any atom is 0.148 e. The Morgan fingerprint density at radius 1 is 1.17 bits per heavy atom. The molecule has 0 aliphatic heterocycles. The lowest BCUT2D eigenvalue weighted by atomic mass is 10.1. The number of aryl methyl sites for hydroxylation is 1. The van der Waals surface area contributed by atoms with Gasteiger partial charge in [-0.15, -0.1) is 0 Å². The zero-order valence-corrected chi connectivity index (χ0v) is 10.4. The normalized spacial score (nSPS) is 10.3. The molecule has 0 radical (unpaired) electrons. The van der Waals surface area contributed by atoms with Crippen LogP contribution in [0.15, 0.2) is 42.5 Å². The summed E-state index contributed by atoms with van der Waals surface area (Å²) in [4.78, 5) is 0. The molecule has 0 bridgehead atoms. The van der Waals surface area contributed by atoms with Crippen LogP contribution in [-0.4, -0.2) is 6.54 Å². The number of nitrogens with two attached hydrogens (primary N) is 1. The molecule has 2 aromatic rings. The van der Waals surface area contributed by atoms with Gasteiger partial charge in [-0.05, 0) is 37.1 Å². The Balaban J connectivity index is 1.90. The number of halogens is 1. The van der Waals surface area contributed by atoms with Gasteiger partial charge in [0, 0.05) is 12.2 Å². The van der Waals surface area contributed by atoms with E-state index in [1.807, 2.05) is 6.07 Å². The van der Waals surface area contributed by atoms with Gasteiger partial charge in [-0.25, -0.2) is 4.39 Å². The van der Waals surface area contributed by atoms with E-state index in [4.69, 9.17) is 5.73 Å². The first-order chi connectivity index (χ1) is 8.65. The molecule has 0 amide bonds. The van der Waals surface area contributed by atoms with Crippen LogP contribution in [0.5, 0.6) is 0 Å². The second-order valence-corrected chi connectivity index (χ2v) is 4.40. The van der Waals surface area contributed by atoms with Gasteiger partial charge >= 0.3 is 0 Å². The minimum Gasteiger partial charge on any atom is -0.396 e. The minimum absolute atomic E-state index is 0.180. The van der Waals surface area contributed by atoms with Crippen LogP contribution >= 0.6 is 0 Å². The number of hydrogen-bond acceptors (Lipinski definition) is 2. The van der Waals surface area contributed by atoms with E-state index >= 15 is 0 Å². The third kappa shape index (κ3) is 3.23. The van der Waals surface area contributed by atoms with Crippen LogP contribution in [-0.2, 0) is 6.42 Å². The highest BCUT2D eigenvalue weighted by Gasteiger charge is 1.99. The number of nitrogen functional groups attached to an aromatic ring is 1. The summed E-state index contributed by atoms with van der Waals surface area (Å²) in [6.07, 6.45) is 0.910. The van der Waals surface area contributed by atoms with Crippen molar-refractivity contribution in [1.29, 1.82) is 0 Å². The summed E-state index contributed by atoms with van der Waals surface area (Å²) in [7, 11) is 0. The average molecular weight is 244 g/mol. The lowest BCUT2D eigenvalue weighted by molar-refractivity contribution is 0.633. The highest BCUT2D eigenvalue weighted by molar-refractivity contribution is 5.52. The van der Waals surface area contributed by atoms with E-state index in [1.54, 1.807) is 12.1 Å². The molecule has 0 aliphatic carbocycles. The van der Waals surface area contributed by atoms with Crippen molar-refractivity contribution >= 4 is 11.4 Å². The SMILES string of the molecule is Cc1cccc(CCNc2ccc(N)c(F)c2)c1. The highest BCUT2D eigenvalue weighted by atomic mass is 19.1. The Labute approximate surface area is 107 Å². The fourth-order valence-corrected chi connectivity index (χ4v) is 1.86. The zero-order chi connectivity index (χ0) is 13.0. The van der Waals surface area contributed by atoms with Crippen LogP contribution in [0, 0.1) is 12.7 Å². The molecule has 18 heavy (non-hydrogen) atoms. The standard InChI is InChI=1S/C15H17FN2/c1-11-3-2-4-12(9-11)7-8-18-13-5-6-15(17)14(16)10-13/h2-6,9-10,18H,7-8,17H2,1H3. The van der Waals surface area contributed by atoms with Gasteiger partial charge in [-0.3, -0.25) is 0 Å². The van der Waals surface area contributed by atoms with E-state index in [0.29, 0.717) is 0 Å². The number of nitrogens with one attached hydrogen (secondary N) is 1. The van der Waals surface area contributed by atoms with Gasteiger partial charge in [0.05, 0.1) is 5.69 Å². The van der Waals surface area contributed by atoms with E-state index < -0.39 is 0 Å². The summed E-state index contributed by atoms with van der Waals surface area (Å²) >= 11 is 0. The highest BCUT2D eigenvalue weighted by Crippen LogP contribution is 2.15. The fraction of sp³-hybridized carbons (Fsp3) is 0.200. The number of anilines is 2. The summed E-state index contributed by atoms with van der Waals surface area (Å²) in [5.74, 6) is -0.379. The van der Waals surface area contributed by atoms with Gasteiger partial charge in [-0.2, -0.15) is 0 Å². The Bertz CT molecular complexity index is 538. The van der Waals surface area contributed by atoms with Gasteiger partial charge in [-0.1, -0.05) is 29.8 Å². The van der Waals surface area contributed by atoms with E-state index in [2.05, 4.69) is 30.4 Å². The molecular weight excluding hydrogens is 227 g/mol. The van der Waals surface area contributed by atoms with E-state index in [0.717, 1.165) is 18.7 Å².